The van der Waals surface area contributed by atoms with Gasteiger partial charge in [0.1, 0.15) is 5.82 Å². The minimum Gasteiger partial charge on any atom is -0.379 e. The van der Waals surface area contributed by atoms with E-state index in [0.29, 0.717) is 25.7 Å². The maximum atomic E-state index is 14.0. The lowest BCUT2D eigenvalue weighted by Crippen LogP contribution is -2.40. The van der Waals surface area contributed by atoms with Crippen LogP contribution in [0.2, 0.25) is 0 Å². The molecular formula is C17H25FN2O4S. The number of halogens is 1. The molecule has 25 heavy (non-hydrogen) atoms. The van der Waals surface area contributed by atoms with Crippen molar-refractivity contribution in [1.29, 1.82) is 0 Å². The molecule has 1 aromatic carbocycles. The standard InChI is InChI=1S/C17H25FN2O4S/c1-13(2)4-3-7-19-17(21)15-12-14(5-6-16(15)18)25(22,23)20-8-10-24-11-9-20/h5-6,12-13H,3-4,7-11H2,1-2H3,(H,19,21). The molecule has 140 valence electrons. The third kappa shape index (κ3) is 5.23. The van der Waals surface area contributed by atoms with Crippen molar-refractivity contribution >= 4 is 15.9 Å². The van der Waals surface area contributed by atoms with Crippen LogP contribution < -0.4 is 5.32 Å². The van der Waals surface area contributed by atoms with Crippen molar-refractivity contribution in [2.45, 2.75) is 31.6 Å². The lowest BCUT2D eigenvalue weighted by Gasteiger charge is -2.26. The summed E-state index contributed by atoms with van der Waals surface area (Å²) in [5.74, 6) is -0.807. The zero-order chi connectivity index (χ0) is 18.4. The molecule has 1 heterocycles. The molecular weight excluding hydrogens is 347 g/mol. The summed E-state index contributed by atoms with van der Waals surface area (Å²) in [6.07, 6.45) is 1.74. The topological polar surface area (TPSA) is 75.7 Å². The van der Waals surface area contributed by atoms with E-state index in [9.17, 15) is 17.6 Å². The smallest absolute Gasteiger partial charge is 0.254 e. The first-order valence-corrected chi connectivity index (χ1v) is 9.92. The molecule has 1 aromatic rings. The monoisotopic (exact) mass is 372 g/mol. The Labute approximate surface area is 148 Å². The average molecular weight is 372 g/mol. The second kappa shape index (κ2) is 8.73. The van der Waals surface area contributed by atoms with Gasteiger partial charge >= 0.3 is 0 Å². The van der Waals surface area contributed by atoms with Gasteiger partial charge in [0, 0.05) is 19.6 Å². The average Bonchev–Trinajstić information content (AvgIpc) is 2.59. The highest BCUT2D eigenvalue weighted by molar-refractivity contribution is 7.89. The van der Waals surface area contributed by atoms with E-state index in [-0.39, 0.29) is 23.5 Å². The molecule has 1 aliphatic heterocycles. The molecule has 0 atom stereocenters. The maximum absolute atomic E-state index is 14.0. The Balaban J connectivity index is 2.12. The molecule has 0 spiro atoms. The second-order valence-corrected chi connectivity index (χ2v) is 8.39. The minimum atomic E-state index is -3.76. The van der Waals surface area contributed by atoms with Crippen LogP contribution in [0.4, 0.5) is 4.39 Å². The summed E-state index contributed by atoms with van der Waals surface area (Å²) in [5.41, 5.74) is -0.251. The van der Waals surface area contributed by atoms with Gasteiger partial charge in [-0.1, -0.05) is 13.8 Å². The zero-order valence-electron chi connectivity index (χ0n) is 14.6. The summed E-state index contributed by atoms with van der Waals surface area (Å²) < 4.78 is 45.7. The van der Waals surface area contributed by atoms with Gasteiger partial charge in [-0.05, 0) is 37.0 Å². The number of morpholine rings is 1. The molecule has 0 saturated carbocycles. The van der Waals surface area contributed by atoms with Crippen molar-refractivity contribution in [1.82, 2.24) is 9.62 Å². The van der Waals surface area contributed by atoms with E-state index in [4.69, 9.17) is 4.74 Å². The Kier molecular flexibility index (Phi) is 6.92. The Bertz CT molecular complexity index is 701. The summed E-state index contributed by atoms with van der Waals surface area (Å²) in [7, 11) is -3.76. The molecule has 0 aromatic heterocycles. The molecule has 0 bridgehead atoms. The van der Waals surface area contributed by atoms with E-state index in [1.165, 1.54) is 10.4 Å². The number of rotatable bonds is 7. The summed E-state index contributed by atoms with van der Waals surface area (Å²) in [5, 5.41) is 2.65. The van der Waals surface area contributed by atoms with Crippen LogP contribution in [-0.2, 0) is 14.8 Å². The summed E-state index contributed by atoms with van der Waals surface area (Å²) in [4.78, 5) is 12.1. The SMILES string of the molecule is CC(C)CCCNC(=O)c1cc(S(=O)(=O)N2CCOCC2)ccc1F. The molecule has 0 unspecified atom stereocenters. The van der Waals surface area contributed by atoms with Gasteiger partial charge in [-0.2, -0.15) is 4.31 Å². The van der Waals surface area contributed by atoms with Gasteiger partial charge in [0.25, 0.3) is 5.91 Å². The number of nitrogens with one attached hydrogen (secondary N) is 1. The molecule has 6 nitrogen and oxygen atoms in total. The molecule has 1 saturated heterocycles. The highest BCUT2D eigenvalue weighted by atomic mass is 32.2. The molecule has 1 amide bonds. The van der Waals surface area contributed by atoms with Gasteiger partial charge in [-0.25, -0.2) is 12.8 Å². The van der Waals surface area contributed by atoms with Crippen molar-refractivity contribution in [2.24, 2.45) is 5.92 Å². The number of nitrogens with zero attached hydrogens (tertiary/aromatic N) is 1. The van der Waals surface area contributed by atoms with Crippen molar-refractivity contribution in [3.8, 4) is 0 Å². The Hall–Kier alpha value is -1.51. The fourth-order valence-electron chi connectivity index (χ4n) is 2.58. The number of hydrogen-bond acceptors (Lipinski definition) is 4. The Morgan fingerprint density at radius 2 is 2.00 bits per heavy atom. The molecule has 0 radical (unpaired) electrons. The lowest BCUT2D eigenvalue weighted by molar-refractivity contribution is 0.0730. The fourth-order valence-corrected chi connectivity index (χ4v) is 4.02. The highest BCUT2D eigenvalue weighted by Gasteiger charge is 2.27. The molecule has 1 fully saturated rings. The van der Waals surface area contributed by atoms with E-state index >= 15 is 0 Å². The van der Waals surface area contributed by atoms with Gasteiger partial charge in [-0.3, -0.25) is 4.79 Å². The first-order valence-electron chi connectivity index (χ1n) is 8.48. The zero-order valence-corrected chi connectivity index (χ0v) is 15.4. The normalized spacial score (nSPS) is 16.2. The predicted octanol–water partition coefficient (Wildman–Crippen LogP) is 2.01. The minimum absolute atomic E-state index is 0.0804. The molecule has 0 aliphatic carbocycles. The second-order valence-electron chi connectivity index (χ2n) is 6.45. The van der Waals surface area contributed by atoms with E-state index in [1.54, 1.807) is 0 Å². The summed E-state index contributed by atoms with van der Waals surface area (Å²) >= 11 is 0. The lowest BCUT2D eigenvalue weighted by atomic mass is 10.1. The number of sulfonamides is 1. The van der Waals surface area contributed by atoms with Crippen LogP contribution in [0.25, 0.3) is 0 Å². The fraction of sp³-hybridized carbons (Fsp3) is 0.588. The number of carbonyl (C=O) groups excluding carboxylic acids is 1. The van der Waals surface area contributed by atoms with Gasteiger partial charge in [0.15, 0.2) is 0 Å². The van der Waals surface area contributed by atoms with Crippen molar-refractivity contribution < 1.29 is 22.3 Å². The van der Waals surface area contributed by atoms with Crippen molar-refractivity contribution in [2.75, 3.05) is 32.8 Å². The number of benzene rings is 1. The van der Waals surface area contributed by atoms with Crippen LogP contribution >= 0.6 is 0 Å². The van der Waals surface area contributed by atoms with Crippen LogP contribution in [0.3, 0.4) is 0 Å². The van der Waals surface area contributed by atoms with Crippen molar-refractivity contribution in [3.05, 3.63) is 29.6 Å². The Morgan fingerprint density at radius 1 is 1.32 bits per heavy atom. The van der Waals surface area contributed by atoms with Gasteiger partial charge < -0.3 is 10.1 Å². The maximum Gasteiger partial charge on any atom is 0.254 e. The predicted molar refractivity (Wildman–Crippen MR) is 92.4 cm³/mol. The largest absolute Gasteiger partial charge is 0.379 e. The third-order valence-corrected chi connectivity index (χ3v) is 5.93. The molecule has 1 aliphatic rings. The molecule has 1 N–H and O–H groups in total. The van der Waals surface area contributed by atoms with E-state index < -0.39 is 21.7 Å². The van der Waals surface area contributed by atoms with Crippen LogP contribution in [0, 0.1) is 11.7 Å². The van der Waals surface area contributed by atoms with Gasteiger partial charge in [0.2, 0.25) is 10.0 Å². The number of hydrogen-bond donors (Lipinski definition) is 1. The summed E-state index contributed by atoms with van der Waals surface area (Å²) in [6, 6.07) is 3.32. The van der Waals surface area contributed by atoms with Crippen LogP contribution in [0.15, 0.2) is 23.1 Å². The first kappa shape index (κ1) is 19.8. The van der Waals surface area contributed by atoms with E-state index in [2.05, 4.69) is 19.2 Å². The summed E-state index contributed by atoms with van der Waals surface area (Å²) in [6.45, 7) is 5.74. The highest BCUT2D eigenvalue weighted by Crippen LogP contribution is 2.20. The number of carbonyl (C=O) groups is 1. The quantitative estimate of drug-likeness (QED) is 0.743. The van der Waals surface area contributed by atoms with Gasteiger partial charge in [0.05, 0.1) is 23.7 Å². The van der Waals surface area contributed by atoms with Crippen molar-refractivity contribution in [3.63, 3.8) is 0 Å². The molecule has 2 rings (SSSR count). The first-order chi connectivity index (χ1) is 11.8. The van der Waals surface area contributed by atoms with Crippen LogP contribution in [0.1, 0.15) is 37.0 Å². The third-order valence-electron chi connectivity index (χ3n) is 4.03. The van der Waals surface area contributed by atoms with E-state index in [1.807, 2.05) is 0 Å². The Morgan fingerprint density at radius 3 is 2.64 bits per heavy atom. The van der Waals surface area contributed by atoms with Crippen LogP contribution in [-0.4, -0.2) is 51.5 Å². The molecule has 8 heteroatoms. The van der Waals surface area contributed by atoms with Crippen LogP contribution in [0.5, 0.6) is 0 Å². The van der Waals surface area contributed by atoms with Gasteiger partial charge in [-0.15, -0.1) is 0 Å². The van der Waals surface area contributed by atoms with E-state index in [0.717, 1.165) is 25.0 Å². The number of amides is 1. The number of ether oxygens (including phenoxy) is 1.